The summed E-state index contributed by atoms with van der Waals surface area (Å²) in [7, 11) is 1.50. The first-order valence-corrected chi connectivity index (χ1v) is 5.74. The fraction of sp³-hybridized carbons (Fsp3) is 0.0769. The van der Waals surface area contributed by atoms with Gasteiger partial charge >= 0.3 is 0 Å². The molecule has 0 saturated carbocycles. The molecule has 6 heteroatoms. The molecule has 0 spiro atoms. The van der Waals surface area contributed by atoms with E-state index in [0.29, 0.717) is 22.5 Å². The Labute approximate surface area is 113 Å². The number of ether oxygens (including phenoxy) is 1. The van der Waals surface area contributed by atoms with Gasteiger partial charge in [0.05, 0.1) is 29.2 Å². The highest BCUT2D eigenvalue weighted by Gasteiger charge is 2.10. The van der Waals surface area contributed by atoms with E-state index < -0.39 is 11.6 Å². The first-order chi connectivity index (χ1) is 9.01. The Morgan fingerprint density at radius 3 is 2.58 bits per heavy atom. The number of nitrogens with one attached hydrogen (secondary N) is 1. The molecule has 0 aliphatic heterocycles. The van der Waals surface area contributed by atoms with Crippen LogP contribution in [0.15, 0.2) is 30.3 Å². The maximum atomic E-state index is 13.3. The predicted octanol–water partition coefficient (Wildman–Crippen LogP) is 3.95. The molecular weight excluding hydrogens is 274 g/mol. The Balaban J connectivity index is 2.41. The third-order valence-electron chi connectivity index (χ3n) is 2.54. The third kappa shape index (κ3) is 2.88. The summed E-state index contributed by atoms with van der Waals surface area (Å²) in [6, 6.07) is 6.68. The smallest absolute Gasteiger partial charge is 0.151 e. The molecule has 0 atom stereocenters. The molecule has 2 aromatic rings. The van der Waals surface area contributed by atoms with Crippen molar-refractivity contribution in [1.82, 2.24) is 0 Å². The second-order valence-corrected chi connectivity index (χ2v) is 4.23. The third-order valence-corrected chi connectivity index (χ3v) is 2.87. The normalized spacial score (nSPS) is 10.3. The average molecular weight is 285 g/mol. The molecule has 0 aromatic heterocycles. The van der Waals surface area contributed by atoms with E-state index in [-0.39, 0.29) is 11.4 Å². The Morgan fingerprint density at radius 2 is 1.89 bits per heavy atom. The number of nitrogen functional groups attached to an aromatic ring is 1. The highest BCUT2D eigenvalue weighted by atomic mass is 35.5. The lowest BCUT2D eigenvalue weighted by atomic mass is 10.2. The molecule has 3 N–H and O–H groups in total. The number of methoxy groups -OCH3 is 1. The second-order valence-electron chi connectivity index (χ2n) is 3.82. The minimum atomic E-state index is -0.832. The lowest BCUT2D eigenvalue weighted by Gasteiger charge is -2.12. The van der Waals surface area contributed by atoms with Gasteiger partial charge < -0.3 is 15.8 Å². The lowest BCUT2D eigenvalue weighted by molar-refractivity contribution is 0.415. The van der Waals surface area contributed by atoms with Crippen molar-refractivity contribution in [3.63, 3.8) is 0 Å². The van der Waals surface area contributed by atoms with Gasteiger partial charge in [0.2, 0.25) is 0 Å². The van der Waals surface area contributed by atoms with Crippen LogP contribution in [-0.2, 0) is 0 Å². The summed E-state index contributed by atoms with van der Waals surface area (Å²) < 4.78 is 31.5. The molecule has 19 heavy (non-hydrogen) atoms. The lowest BCUT2D eigenvalue weighted by Crippen LogP contribution is -2.01. The summed E-state index contributed by atoms with van der Waals surface area (Å²) in [5, 5.41) is 3.16. The van der Waals surface area contributed by atoms with Gasteiger partial charge in [0.15, 0.2) is 5.82 Å². The number of nitrogens with two attached hydrogens (primary N) is 1. The number of hydrogen-bond acceptors (Lipinski definition) is 3. The Bertz CT molecular complexity index is 620. The van der Waals surface area contributed by atoms with Crippen molar-refractivity contribution in [2.75, 3.05) is 18.2 Å². The van der Waals surface area contributed by atoms with Crippen molar-refractivity contribution in [1.29, 1.82) is 0 Å². The summed E-state index contributed by atoms with van der Waals surface area (Å²) >= 11 is 5.99. The van der Waals surface area contributed by atoms with Gasteiger partial charge in [0.1, 0.15) is 11.6 Å². The number of benzene rings is 2. The van der Waals surface area contributed by atoms with Gasteiger partial charge in [0, 0.05) is 12.1 Å². The van der Waals surface area contributed by atoms with E-state index in [4.69, 9.17) is 22.1 Å². The van der Waals surface area contributed by atoms with Crippen molar-refractivity contribution in [3.8, 4) is 5.75 Å². The topological polar surface area (TPSA) is 47.3 Å². The number of anilines is 3. The minimum absolute atomic E-state index is 0.104. The quantitative estimate of drug-likeness (QED) is 0.839. The standard InChI is InChI=1S/C13H11ClF2N2O/c1-19-8-2-3-9(14)11(6-8)18-12-5-7(15)4-10(16)13(12)17/h2-6,18H,17H2,1H3. The number of halogens is 3. The Kier molecular flexibility index (Phi) is 3.76. The van der Waals surface area contributed by atoms with Crippen LogP contribution >= 0.6 is 11.6 Å². The van der Waals surface area contributed by atoms with Crippen LogP contribution in [0.4, 0.5) is 25.8 Å². The molecule has 0 amide bonds. The number of hydrogen-bond donors (Lipinski definition) is 2. The van der Waals surface area contributed by atoms with E-state index >= 15 is 0 Å². The van der Waals surface area contributed by atoms with Crippen LogP contribution < -0.4 is 15.8 Å². The molecular formula is C13H11ClF2N2O. The van der Waals surface area contributed by atoms with E-state index in [0.717, 1.165) is 6.07 Å². The van der Waals surface area contributed by atoms with Crippen molar-refractivity contribution in [2.45, 2.75) is 0 Å². The molecule has 0 fully saturated rings. The fourth-order valence-corrected chi connectivity index (χ4v) is 1.73. The van der Waals surface area contributed by atoms with Gasteiger partial charge in [-0.15, -0.1) is 0 Å². The molecule has 0 bridgehead atoms. The van der Waals surface area contributed by atoms with E-state index in [1.807, 2.05) is 0 Å². The molecule has 3 nitrogen and oxygen atoms in total. The zero-order valence-corrected chi connectivity index (χ0v) is 10.8. The monoisotopic (exact) mass is 284 g/mol. The van der Waals surface area contributed by atoms with Gasteiger partial charge in [-0.05, 0) is 18.2 Å². The molecule has 100 valence electrons. The highest BCUT2D eigenvalue weighted by Crippen LogP contribution is 2.32. The van der Waals surface area contributed by atoms with Crippen LogP contribution in [0, 0.1) is 11.6 Å². The molecule has 0 unspecified atom stereocenters. The highest BCUT2D eigenvalue weighted by molar-refractivity contribution is 6.33. The van der Waals surface area contributed by atoms with Crippen LogP contribution in [0.1, 0.15) is 0 Å². The van der Waals surface area contributed by atoms with E-state index in [2.05, 4.69) is 5.32 Å². The van der Waals surface area contributed by atoms with Crippen molar-refractivity contribution >= 4 is 28.7 Å². The zero-order valence-electron chi connectivity index (χ0n) is 10.0. The van der Waals surface area contributed by atoms with Gasteiger partial charge in [-0.3, -0.25) is 0 Å². The molecule has 2 aromatic carbocycles. The average Bonchev–Trinajstić information content (AvgIpc) is 2.38. The first-order valence-electron chi connectivity index (χ1n) is 5.36. The summed E-state index contributed by atoms with van der Waals surface area (Å²) in [6.07, 6.45) is 0. The van der Waals surface area contributed by atoms with Crippen LogP contribution in [0.2, 0.25) is 5.02 Å². The van der Waals surface area contributed by atoms with Gasteiger partial charge in [-0.2, -0.15) is 0 Å². The molecule has 2 rings (SSSR count). The van der Waals surface area contributed by atoms with Crippen LogP contribution in [0.3, 0.4) is 0 Å². The SMILES string of the molecule is COc1ccc(Cl)c(Nc2cc(F)cc(F)c2N)c1. The van der Waals surface area contributed by atoms with E-state index in [1.165, 1.54) is 7.11 Å². The fourth-order valence-electron chi connectivity index (χ4n) is 1.56. The molecule has 0 aliphatic carbocycles. The molecule has 0 heterocycles. The van der Waals surface area contributed by atoms with E-state index in [1.54, 1.807) is 18.2 Å². The molecule has 0 aliphatic rings. The maximum absolute atomic E-state index is 13.3. The first kappa shape index (κ1) is 13.4. The zero-order chi connectivity index (χ0) is 14.0. The Morgan fingerprint density at radius 1 is 1.16 bits per heavy atom. The van der Waals surface area contributed by atoms with Crippen LogP contribution in [0.25, 0.3) is 0 Å². The van der Waals surface area contributed by atoms with Gasteiger partial charge in [-0.25, -0.2) is 8.78 Å². The molecule has 0 saturated heterocycles. The molecule has 0 radical (unpaired) electrons. The van der Waals surface area contributed by atoms with Crippen LogP contribution in [-0.4, -0.2) is 7.11 Å². The van der Waals surface area contributed by atoms with Crippen molar-refractivity contribution in [3.05, 3.63) is 47.0 Å². The summed E-state index contributed by atoms with van der Waals surface area (Å²) in [5.74, 6) is -1.00. The summed E-state index contributed by atoms with van der Waals surface area (Å²) in [4.78, 5) is 0. The second kappa shape index (κ2) is 5.32. The summed E-state index contributed by atoms with van der Waals surface area (Å²) in [5.41, 5.74) is 5.91. The largest absolute Gasteiger partial charge is 0.497 e. The van der Waals surface area contributed by atoms with Gasteiger partial charge in [0.25, 0.3) is 0 Å². The van der Waals surface area contributed by atoms with Crippen molar-refractivity contribution in [2.24, 2.45) is 0 Å². The minimum Gasteiger partial charge on any atom is -0.497 e. The number of rotatable bonds is 3. The maximum Gasteiger partial charge on any atom is 0.151 e. The van der Waals surface area contributed by atoms with E-state index in [9.17, 15) is 8.78 Å². The van der Waals surface area contributed by atoms with Crippen LogP contribution in [0.5, 0.6) is 5.75 Å². The van der Waals surface area contributed by atoms with Gasteiger partial charge in [-0.1, -0.05) is 11.6 Å². The summed E-state index contributed by atoms with van der Waals surface area (Å²) in [6.45, 7) is 0. The van der Waals surface area contributed by atoms with Crippen molar-refractivity contribution < 1.29 is 13.5 Å². The Hall–Kier alpha value is -2.01. The predicted molar refractivity (Wildman–Crippen MR) is 72.1 cm³/mol.